The fourth-order valence-corrected chi connectivity index (χ4v) is 1.12. The van der Waals surface area contributed by atoms with Crippen LogP contribution in [0.2, 0.25) is 5.15 Å². The van der Waals surface area contributed by atoms with Crippen molar-refractivity contribution in [1.82, 2.24) is 4.98 Å². The second kappa shape index (κ2) is 5.09. The number of halogens is 1. The summed E-state index contributed by atoms with van der Waals surface area (Å²) in [4.78, 5) is 15.5. The quantitative estimate of drug-likeness (QED) is 0.772. The van der Waals surface area contributed by atoms with Gasteiger partial charge in [-0.1, -0.05) is 24.6 Å². The summed E-state index contributed by atoms with van der Waals surface area (Å²) < 4.78 is 0. The fraction of sp³-hybridized carbons (Fsp3) is 0.400. The maximum absolute atomic E-state index is 11.6. The minimum Gasteiger partial charge on any atom is -0.327 e. The molecule has 0 saturated heterocycles. The molecule has 1 amide bonds. The van der Waals surface area contributed by atoms with Crippen LogP contribution in [0.5, 0.6) is 0 Å². The maximum atomic E-state index is 11.6. The predicted octanol–water partition coefficient (Wildman–Crippen LogP) is 1.66. The molecule has 0 aromatic carbocycles. The number of rotatable bonds is 3. The number of amides is 1. The maximum Gasteiger partial charge on any atom is 0.229 e. The Hall–Kier alpha value is -1.13. The monoisotopic (exact) mass is 227 g/mol. The van der Waals surface area contributed by atoms with Crippen molar-refractivity contribution in [2.75, 3.05) is 5.32 Å². The number of nitrogens with two attached hydrogens (primary N) is 1. The molecule has 1 heterocycles. The van der Waals surface area contributed by atoms with Crippen molar-refractivity contribution in [2.45, 2.75) is 19.9 Å². The molecule has 1 aromatic rings. The molecule has 0 aliphatic heterocycles. The van der Waals surface area contributed by atoms with E-state index in [1.54, 1.807) is 32.0 Å². The third-order valence-corrected chi connectivity index (χ3v) is 2.38. The second-order valence-corrected chi connectivity index (χ2v) is 3.87. The van der Waals surface area contributed by atoms with Gasteiger partial charge in [-0.3, -0.25) is 4.79 Å². The standard InChI is InChI=1S/C10H14ClN3O/c1-6(7(2)12)10(15)14-9-5-3-4-8(11)13-9/h3-7H,12H2,1-2H3,(H,13,14,15). The number of hydrogen-bond donors (Lipinski definition) is 2. The number of carbonyl (C=O) groups excluding carboxylic acids is 1. The number of carbonyl (C=O) groups is 1. The SMILES string of the molecule is CC(N)C(C)C(=O)Nc1cccc(Cl)n1. The molecule has 3 N–H and O–H groups in total. The molecule has 4 nitrogen and oxygen atoms in total. The van der Waals surface area contributed by atoms with Gasteiger partial charge in [-0.15, -0.1) is 0 Å². The Kier molecular flexibility index (Phi) is 4.05. The Balaban J connectivity index is 2.66. The Morgan fingerprint density at radius 2 is 2.20 bits per heavy atom. The van der Waals surface area contributed by atoms with Crippen LogP contribution in [0.25, 0.3) is 0 Å². The highest BCUT2D eigenvalue weighted by Gasteiger charge is 2.17. The molecule has 1 aromatic heterocycles. The summed E-state index contributed by atoms with van der Waals surface area (Å²) in [5.41, 5.74) is 5.61. The van der Waals surface area contributed by atoms with Gasteiger partial charge in [0.1, 0.15) is 11.0 Å². The van der Waals surface area contributed by atoms with Crippen LogP contribution in [0.15, 0.2) is 18.2 Å². The third-order valence-electron chi connectivity index (χ3n) is 2.17. The normalized spacial score (nSPS) is 14.4. The van der Waals surface area contributed by atoms with Crippen molar-refractivity contribution in [1.29, 1.82) is 0 Å². The van der Waals surface area contributed by atoms with E-state index in [9.17, 15) is 4.79 Å². The summed E-state index contributed by atoms with van der Waals surface area (Å²) in [5.74, 6) is 0.0329. The zero-order chi connectivity index (χ0) is 11.4. The molecule has 82 valence electrons. The second-order valence-electron chi connectivity index (χ2n) is 3.48. The molecule has 0 saturated carbocycles. The molecule has 2 atom stereocenters. The Labute approximate surface area is 93.8 Å². The van der Waals surface area contributed by atoms with Gasteiger partial charge in [-0.25, -0.2) is 4.98 Å². The van der Waals surface area contributed by atoms with E-state index in [0.717, 1.165) is 0 Å². The van der Waals surface area contributed by atoms with Crippen LogP contribution in [-0.2, 0) is 4.79 Å². The molecule has 0 aliphatic rings. The van der Waals surface area contributed by atoms with Gasteiger partial charge in [0.2, 0.25) is 5.91 Å². The molecule has 0 spiro atoms. The topological polar surface area (TPSA) is 68.0 Å². The van der Waals surface area contributed by atoms with E-state index in [1.165, 1.54) is 0 Å². The van der Waals surface area contributed by atoms with E-state index in [-0.39, 0.29) is 17.9 Å². The summed E-state index contributed by atoms with van der Waals surface area (Å²) in [6, 6.07) is 4.86. The molecule has 2 unspecified atom stereocenters. The molecule has 0 radical (unpaired) electrons. The highest BCUT2D eigenvalue weighted by molar-refractivity contribution is 6.29. The largest absolute Gasteiger partial charge is 0.327 e. The molecular weight excluding hydrogens is 214 g/mol. The van der Waals surface area contributed by atoms with Gasteiger partial charge in [0.25, 0.3) is 0 Å². The summed E-state index contributed by atoms with van der Waals surface area (Å²) >= 11 is 5.68. The van der Waals surface area contributed by atoms with Crippen LogP contribution < -0.4 is 11.1 Å². The minimum absolute atomic E-state index is 0.153. The average Bonchev–Trinajstić information content (AvgIpc) is 2.16. The predicted molar refractivity (Wildman–Crippen MR) is 60.7 cm³/mol. The number of anilines is 1. The highest BCUT2D eigenvalue weighted by atomic mass is 35.5. The van der Waals surface area contributed by atoms with Gasteiger partial charge >= 0.3 is 0 Å². The number of nitrogens with one attached hydrogen (secondary N) is 1. The van der Waals surface area contributed by atoms with Crippen molar-refractivity contribution in [3.8, 4) is 0 Å². The summed E-state index contributed by atoms with van der Waals surface area (Å²) in [6.07, 6.45) is 0. The van der Waals surface area contributed by atoms with Crippen LogP contribution in [0, 0.1) is 5.92 Å². The van der Waals surface area contributed by atoms with E-state index >= 15 is 0 Å². The highest BCUT2D eigenvalue weighted by Crippen LogP contribution is 2.11. The first-order valence-electron chi connectivity index (χ1n) is 4.69. The molecule has 0 aliphatic carbocycles. The van der Waals surface area contributed by atoms with Crippen molar-refractivity contribution >= 4 is 23.3 Å². The number of pyridine rings is 1. The van der Waals surface area contributed by atoms with E-state index in [2.05, 4.69) is 10.3 Å². The van der Waals surface area contributed by atoms with Crippen molar-refractivity contribution < 1.29 is 4.79 Å². The number of aromatic nitrogens is 1. The Morgan fingerprint density at radius 3 is 2.73 bits per heavy atom. The fourth-order valence-electron chi connectivity index (χ4n) is 0.957. The average molecular weight is 228 g/mol. The number of nitrogens with zero attached hydrogens (tertiary/aromatic N) is 1. The van der Waals surface area contributed by atoms with Crippen molar-refractivity contribution in [2.24, 2.45) is 11.7 Å². The van der Waals surface area contributed by atoms with Crippen molar-refractivity contribution in [3.05, 3.63) is 23.4 Å². The summed E-state index contributed by atoms with van der Waals surface area (Å²) in [5, 5.41) is 3.00. The van der Waals surface area contributed by atoms with Crippen LogP contribution in [0.4, 0.5) is 5.82 Å². The van der Waals surface area contributed by atoms with Gasteiger partial charge in [-0.05, 0) is 19.1 Å². The lowest BCUT2D eigenvalue weighted by Gasteiger charge is -2.14. The van der Waals surface area contributed by atoms with Crippen LogP contribution >= 0.6 is 11.6 Å². The molecule has 5 heteroatoms. The zero-order valence-corrected chi connectivity index (χ0v) is 9.45. The summed E-state index contributed by atoms with van der Waals surface area (Å²) in [6.45, 7) is 3.56. The molecule has 0 bridgehead atoms. The smallest absolute Gasteiger partial charge is 0.229 e. The van der Waals surface area contributed by atoms with E-state index in [0.29, 0.717) is 11.0 Å². The first-order valence-corrected chi connectivity index (χ1v) is 5.07. The Bertz CT molecular complexity index is 354. The van der Waals surface area contributed by atoms with Gasteiger partial charge in [0, 0.05) is 6.04 Å². The Morgan fingerprint density at radius 1 is 1.53 bits per heavy atom. The number of hydrogen-bond acceptors (Lipinski definition) is 3. The van der Waals surface area contributed by atoms with Crippen molar-refractivity contribution in [3.63, 3.8) is 0 Å². The van der Waals surface area contributed by atoms with Crippen LogP contribution in [0.3, 0.4) is 0 Å². The first kappa shape index (κ1) is 11.9. The lowest BCUT2D eigenvalue weighted by atomic mass is 10.0. The van der Waals surface area contributed by atoms with E-state index in [1.807, 2.05) is 0 Å². The van der Waals surface area contributed by atoms with Gasteiger partial charge in [-0.2, -0.15) is 0 Å². The first-order chi connectivity index (χ1) is 7.00. The van der Waals surface area contributed by atoms with E-state index < -0.39 is 0 Å². The lowest BCUT2D eigenvalue weighted by molar-refractivity contribution is -0.119. The van der Waals surface area contributed by atoms with Crippen LogP contribution in [-0.4, -0.2) is 16.9 Å². The zero-order valence-electron chi connectivity index (χ0n) is 8.70. The summed E-state index contributed by atoms with van der Waals surface area (Å²) in [7, 11) is 0. The van der Waals surface area contributed by atoms with Gasteiger partial charge in [0.05, 0.1) is 5.92 Å². The van der Waals surface area contributed by atoms with Gasteiger partial charge in [0.15, 0.2) is 0 Å². The molecule has 15 heavy (non-hydrogen) atoms. The molecule has 0 fully saturated rings. The van der Waals surface area contributed by atoms with Crippen LogP contribution in [0.1, 0.15) is 13.8 Å². The minimum atomic E-state index is -0.259. The molecular formula is C10H14ClN3O. The molecule has 1 rings (SSSR count). The third kappa shape index (κ3) is 3.49. The van der Waals surface area contributed by atoms with E-state index in [4.69, 9.17) is 17.3 Å². The van der Waals surface area contributed by atoms with Gasteiger partial charge < -0.3 is 11.1 Å². The lowest BCUT2D eigenvalue weighted by Crippen LogP contribution is -2.34.